The lowest BCUT2D eigenvalue weighted by Crippen LogP contribution is -2.49. The number of carbonyl (C=O) groups is 2. The quantitative estimate of drug-likeness (QED) is 0.714. The molecule has 6 nitrogen and oxygen atoms in total. The summed E-state index contributed by atoms with van der Waals surface area (Å²) in [5.74, 6) is 1.74. The molecule has 3 saturated heterocycles. The third kappa shape index (κ3) is 4.10. The predicted molar refractivity (Wildman–Crippen MR) is 103 cm³/mol. The number of ether oxygens (including phenoxy) is 1. The lowest BCUT2D eigenvalue weighted by molar-refractivity contribution is -0.135. The van der Waals surface area contributed by atoms with Gasteiger partial charge in [-0.2, -0.15) is 0 Å². The molecule has 1 saturated carbocycles. The Bertz CT molecular complexity index is 571. The summed E-state index contributed by atoms with van der Waals surface area (Å²) >= 11 is 0. The zero-order valence-electron chi connectivity index (χ0n) is 17.0. The van der Waals surface area contributed by atoms with Crippen molar-refractivity contribution < 1.29 is 14.3 Å². The topological polar surface area (TPSA) is 53.1 Å². The molecule has 0 aromatic carbocycles. The highest BCUT2D eigenvalue weighted by atomic mass is 16.6. The van der Waals surface area contributed by atoms with Crippen molar-refractivity contribution in [1.29, 1.82) is 0 Å². The molecule has 1 aliphatic carbocycles. The molecule has 6 heteroatoms. The summed E-state index contributed by atoms with van der Waals surface area (Å²) in [5.41, 5.74) is -0.362. The summed E-state index contributed by atoms with van der Waals surface area (Å²) in [6, 6.07) is 0.738. The second kappa shape index (κ2) is 7.61. The van der Waals surface area contributed by atoms with E-state index in [0.29, 0.717) is 18.9 Å². The Hall–Kier alpha value is -1.30. The SMILES string of the molecule is CC(C)CCN1CC2(CCN(C(=O)CCN3C[C@@H]4CC[C@H]3C4)CC2)OC1=O. The largest absolute Gasteiger partial charge is 0.441 e. The Balaban J connectivity index is 1.21. The van der Waals surface area contributed by atoms with E-state index in [0.717, 1.165) is 57.4 Å². The van der Waals surface area contributed by atoms with Gasteiger partial charge in [-0.1, -0.05) is 13.8 Å². The maximum absolute atomic E-state index is 12.7. The number of likely N-dealkylation sites (tertiary alicyclic amines) is 2. The molecule has 2 atom stereocenters. The molecule has 0 aromatic rings. The Morgan fingerprint density at radius 1 is 1.22 bits per heavy atom. The van der Waals surface area contributed by atoms with Gasteiger partial charge >= 0.3 is 6.09 Å². The van der Waals surface area contributed by atoms with Crippen molar-refractivity contribution in [3.8, 4) is 0 Å². The van der Waals surface area contributed by atoms with Crippen molar-refractivity contribution >= 4 is 12.0 Å². The molecule has 3 heterocycles. The van der Waals surface area contributed by atoms with E-state index < -0.39 is 0 Å². The minimum absolute atomic E-state index is 0.167. The first-order chi connectivity index (χ1) is 12.9. The summed E-state index contributed by atoms with van der Waals surface area (Å²) in [5, 5.41) is 0. The lowest BCUT2D eigenvalue weighted by atomic mass is 9.91. The minimum Gasteiger partial charge on any atom is -0.441 e. The van der Waals surface area contributed by atoms with Gasteiger partial charge in [0.25, 0.3) is 0 Å². The number of hydrogen-bond acceptors (Lipinski definition) is 4. The summed E-state index contributed by atoms with van der Waals surface area (Å²) < 4.78 is 5.78. The molecule has 0 N–H and O–H groups in total. The van der Waals surface area contributed by atoms with Crippen LogP contribution < -0.4 is 0 Å². The molecule has 3 aliphatic heterocycles. The van der Waals surface area contributed by atoms with Gasteiger partial charge in [-0.3, -0.25) is 9.69 Å². The fourth-order valence-electron chi connectivity index (χ4n) is 5.40. The average Bonchev–Trinajstić information content (AvgIpc) is 3.33. The molecule has 4 fully saturated rings. The smallest absolute Gasteiger partial charge is 0.410 e. The fourth-order valence-corrected chi connectivity index (χ4v) is 5.40. The molecule has 2 amide bonds. The summed E-state index contributed by atoms with van der Waals surface area (Å²) in [7, 11) is 0. The van der Waals surface area contributed by atoms with Gasteiger partial charge in [0.05, 0.1) is 6.54 Å². The zero-order chi connectivity index (χ0) is 19.0. The van der Waals surface area contributed by atoms with Crippen molar-refractivity contribution in [3.63, 3.8) is 0 Å². The Labute approximate surface area is 163 Å². The highest BCUT2D eigenvalue weighted by Crippen LogP contribution is 2.37. The molecule has 4 rings (SSSR count). The molecule has 2 bridgehead atoms. The Kier molecular flexibility index (Phi) is 5.36. The molecule has 0 radical (unpaired) electrons. The monoisotopic (exact) mass is 377 g/mol. The Morgan fingerprint density at radius 2 is 2.00 bits per heavy atom. The first kappa shape index (κ1) is 19.0. The molecule has 4 aliphatic rings. The molecular formula is C21H35N3O3. The van der Waals surface area contributed by atoms with Crippen LogP contribution in [0.2, 0.25) is 0 Å². The molecule has 0 unspecified atom stereocenters. The highest BCUT2D eigenvalue weighted by Gasteiger charge is 2.47. The van der Waals surface area contributed by atoms with E-state index in [4.69, 9.17) is 4.74 Å². The third-order valence-corrected chi connectivity index (χ3v) is 7.18. The van der Waals surface area contributed by atoms with Crippen LogP contribution in [0.4, 0.5) is 4.79 Å². The average molecular weight is 378 g/mol. The van der Waals surface area contributed by atoms with Crippen LogP contribution in [-0.2, 0) is 9.53 Å². The molecule has 1 spiro atoms. The maximum atomic E-state index is 12.7. The number of rotatable bonds is 6. The van der Waals surface area contributed by atoms with Crippen LogP contribution in [0, 0.1) is 11.8 Å². The van der Waals surface area contributed by atoms with E-state index in [2.05, 4.69) is 18.7 Å². The number of amides is 2. The number of fused-ring (bicyclic) bond motifs is 2. The van der Waals surface area contributed by atoms with Crippen molar-refractivity contribution in [2.24, 2.45) is 11.8 Å². The first-order valence-corrected chi connectivity index (χ1v) is 10.9. The van der Waals surface area contributed by atoms with Gasteiger partial charge in [-0.25, -0.2) is 4.79 Å². The van der Waals surface area contributed by atoms with Gasteiger partial charge in [-0.15, -0.1) is 0 Å². The molecule has 152 valence electrons. The number of carbonyl (C=O) groups excluding carboxylic acids is 2. The van der Waals surface area contributed by atoms with Crippen molar-refractivity contribution in [2.75, 3.05) is 39.3 Å². The maximum Gasteiger partial charge on any atom is 0.410 e. The summed E-state index contributed by atoms with van der Waals surface area (Å²) in [6.07, 6.45) is 7.08. The standard InChI is InChI=1S/C21H35N3O3/c1-16(2)5-9-24-15-21(27-20(24)26)7-11-22(12-8-21)19(25)6-10-23-14-17-3-4-18(23)13-17/h16-18H,3-15H2,1-2H3/t17-,18+/m1/s1. The van der Waals surface area contributed by atoms with Gasteiger partial charge in [0.15, 0.2) is 0 Å². The van der Waals surface area contributed by atoms with Crippen molar-refractivity contribution in [1.82, 2.24) is 14.7 Å². The van der Waals surface area contributed by atoms with Crippen LogP contribution in [0.25, 0.3) is 0 Å². The van der Waals surface area contributed by atoms with Gasteiger partial charge < -0.3 is 14.5 Å². The number of hydrogen-bond donors (Lipinski definition) is 0. The fraction of sp³-hybridized carbons (Fsp3) is 0.905. The van der Waals surface area contributed by atoms with Crippen LogP contribution in [0.15, 0.2) is 0 Å². The minimum atomic E-state index is -0.362. The summed E-state index contributed by atoms with van der Waals surface area (Å²) in [6.45, 7) is 9.37. The Morgan fingerprint density at radius 3 is 2.63 bits per heavy atom. The second-order valence-electron chi connectivity index (χ2n) is 9.61. The highest BCUT2D eigenvalue weighted by molar-refractivity contribution is 5.76. The van der Waals surface area contributed by atoms with Gasteiger partial charge in [0.1, 0.15) is 5.60 Å². The first-order valence-electron chi connectivity index (χ1n) is 10.9. The second-order valence-corrected chi connectivity index (χ2v) is 9.61. The third-order valence-electron chi connectivity index (χ3n) is 7.18. The van der Waals surface area contributed by atoms with Gasteiger partial charge in [0.2, 0.25) is 5.91 Å². The van der Waals surface area contributed by atoms with Crippen LogP contribution in [0.5, 0.6) is 0 Å². The van der Waals surface area contributed by atoms with E-state index in [1.54, 1.807) is 0 Å². The van der Waals surface area contributed by atoms with Crippen molar-refractivity contribution in [2.45, 2.75) is 70.4 Å². The van der Waals surface area contributed by atoms with Crippen LogP contribution in [-0.4, -0.2) is 77.6 Å². The van der Waals surface area contributed by atoms with Crippen molar-refractivity contribution in [3.05, 3.63) is 0 Å². The number of piperidine rings is 2. The zero-order valence-corrected chi connectivity index (χ0v) is 17.0. The van der Waals surface area contributed by atoms with E-state index in [1.807, 2.05) is 9.80 Å². The summed E-state index contributed by atoms with van der Waals surface area (Å²) in [4.78, 5) is 31.2. The van der Waals surface area contributed by atoms with Crippen LogP contribution in [0.1, 0.15) is 58.8 Å². The van der Waals surface area contributed by atoms with E-state index in [9.17, 15) is 9.59 Å². The van der Waals surface area contributed by atoms with Gasteiger partial charge in [0, 0.05) is 58.0 Å². The molecule has 27 heavy (non-hydrogen) atoms. The molecule has 0 aromatic heterocycles. The van der Waals surface area contributed by atoms with Crippen LogP contribution in [0.3, 0.4) is 0 Å². The van der Waals surface area contributed by atoms with Crippen LogP contribution >= 0.6 is 0 Å². The van der Waals surface area contributed by atoms with Gasteiger partial charge in [-0.05, 0) is 37.5 Å². The normalized spacial score (nSPS) is 30.0. The molecular weight excluding hydrogens is 342 g/mol. The lowest BCUT2D eigenvalue weighted by Gasteiger charge is -2.38. The number of nitrogens with zero attached hydrogens (tertiary/aromatic N) is 3. The van der Waals surface area contributed by atoms with E-state index in [1.165, 1.54) is 25.8 Å². The predicted octanol–water partition coefficient (Wildman–Crippen LogP) is 2.72. The van der Waals surface area contributed by atoms with E-state index in [-0.39, 0.29) is 17.6 Å². The van der Waals surface area contributed by atoms with E-state index >= 15 is 0 Å².